The third kappa shape index (κ3) is 3.91. The van der Waals surface area contributed by atoms with E-state index in [1.54, 1.807) is 4.90 Å². The summed E-state index contributed by atoms with van der Waals surface area (Å²) in [6, 6.07) is 9.54. The van der Waals surface area contributed by atoms with E-state index < -0.39 is 5.60 Å². The van der Waals surface area contributed by atoms with E-state index >= 15 is 0 Å². The van der Waals surface area contributed by atoms with Crippen LogP contribution in [0.15, 0.2) is 30.3 Å². The lowest BCUT2D eigenvalue weighted by Crippen LogP contribution is -2.52. The highest BCUT2D eigenvalue weighted by molar-refractivity contribution is 5.94. The Hall–Kier alpha value is -2.18. The fraction of sp³-hybridized carbons (Fsp3) is 0.474. The lowest BCUT2D eigenvalue weighted by Gasteiger charge is -2.38. The summed E-state index contributed by atoms with van der Waals surface area (Å²) in [4.78, 5) is 14.3. The van der Waals surface area contributed by atoms with E-state index in [0.29, 0.717) is 31.5 Å². The molecule has 6 nitrogen and oxygen atoms in total. The van der Waals surface area contributed by atoms with Gasteiger partial charge in [0, 0.05) is 17.8 Å². The van der Waals surface area contributed by atoms with Crippen LogP contribution in [0.4, 0.5) is 0 Å². The van der Waals surface area contributed by atoms with Crippen molar-refractivity contribution in [2.75, 3.05) is 19.7 Å². The van der Waals surface area contributed by atoms with E-state index in [4.69, 9.17) is 0 Å². The first kappa shape index (κ1) is 17.6. The van der Waals surface area contributed by atoms with E-state index in [-0.39, 0.29) is 19.1 Å². The van der Waals surface area contributed by atoms with Crippen LogP contribution in [-0.4, -0.2) is 56.1 Å². The van der Waals surface area contributed by atoms with Gasteiger partial charge in [-0.25, -0.2) is 0 Å². The van der Waals surface area contributed by atoms with Crippen molar-refractivity contribution in [2.24, 2.45) is 0 Å². The van der Waals surface area contributed by atoms with Gasteiger partial charge in [-0.1, -0.05) is 12.1 Å². The highest BCUT2D eigenvalue weighted by Crippen LogP contribution is 2.22. The molecule has 0 radical (unpaired) electrons. The molecule has 1 aromatic heterocycles. The van der Waals surface area contributed by atoms with Crippen molar-refractivity contribution in [3.05, 3.63) is 52.8 Å². The molecule has 3 rings (SSSR count). The molecule has 2 N–H and O–H groups in total. The minimum absolute atomic E-state index is 0.107. The maximum absolute atomic E-state index is 12.6. The van der Waals surface area contributed by atoms with E-state index in [0.717, 1.165) is 17.0 Å². The SMILES string of the molecule is Cc1cc(C)n(Cc2ccc(C(=O)N3CCCC(O)(CO)C3)cc2)n1. The molecule has 134 valence electrons. The fourth-order valence-electron chi connectivity index (χ4n) is 3.36. The van der Waals surface area contributed by atoms with E-state index in [1.165, 1.54) is 0 Å². The Bertz CT molecular complexity index is 754. The zero-order valence-corrected chi connectivity index (χ0v) is 14.8. The van der Waals surface area contributed by atoms with Gasteiger partial charge in [0.1, 0.15) is 5.60 Å². The third-order valence-electron chi connectivity index (χ3n) is 4.77. The number of benzene rings is 1. The Balaban J connectivity index is 1.69. The number of carbonyl (C=O) groups excluding carboxylic acids is 1. The molecule has 1 saturated heterocycles. The predicted octanol–water partition coefficient (Wildman–Crippen LogP) is 1.51. The average molecular weight is 343 g/mol. The number of nitrogens with zero attached hydrogens (tertiary/aromatic N) is 3. The van der Waals surface area contributed by atoms with Crippen molar-refractivity contribution >= 4 is 5.91 Å². The van der Waals surface area contributed by atoms with Gasteiger partial charge in [-0.15, -0.1) is 0 Å². The summed E-state index contributed by atoms with van der Waals surface area (Å²) in [6.07, 6.45) is 1.22. The normalized spacial score (nSPS) is 20.7. The van der Waals surface area contributed by atoms with E-state index in [9.17, 15) is 15.0 Å². The summed E-state index contributed by atoms with van der Waals surface area (Å²) in [6.45, 7) is 5.12. The summed E-state index contributed by atoms with van der Waals surface area (Å²) in [5, 5.41) is 24.0. The lowest BCUT2D eigenvalue weighted by molar-refractivity contribution is -0.0598. The fourth-order valence-corrected chi connectivity index (χ4v) is 3.36. The number of β-amino-alcohol motifs (C(OH)–C–C–N with tert-alkyl or cyclic N) is 1. The number of aliphatic hydroxyl groups excluding tert-OH is 1. The second kappa shape index (κ2) is 6.98. The summed E-state index contributed by atoms with van der Waals surface area (Å²) in [7, 11) is 0. The Morgan fingerprint density at radius 3 is 2.60 bits per heavy atom. The zero-order valence-electron chi connectivity index (χ0n) is 14.8. The summed E-state index contributed by atoms with van der Waals surface area (Å²) in [5.74, 6) is -0.107. The van der Waals surface area contributed by atoms with Gasteiger partial charge < -0.3 is 15.1 Å². The first-order chi connectivity index (χ1) is 11.9. The second-order valence-electron chi connectivity index (χ2n) is 6.99. The van der Waals surface area contributed by atoms with Crippen LogP contribution in [0.25, 0.3) is 0 Å². The molecule has 2 heterocycles. The topological polar surface area (TPSA) is 78.6 Å². The quantitative estimate of drug-likeness (QED) is 0.882. The Labute approximate surface area is 147 Å². The Kier molecular flexibility index (Phi) is 4.92. The van der Waals surface area contributed by atoms with Crippen molar-refractivity contribution in [1.29, 1.82) is 0 Å². The molecular weight excluding hydrogens is 318 g/mol. The van der Waals surface area contributed by atoms with Crippen molar-refractivity contribution in [3.8, 4) is 0 Å². The van der Waals surface area contributed by atoms with Crippen LogP contribution in [0.3, 0.4) is 0 Å². The van der Waals surface area contributed by atoms with Crippen LogP contribution in [0.5, 0.6) is 0 Å². The molecule has 1 fully saturated rings. The highest BCUT2D eigenvalue weighted by atomic mass is 16.3. The predicted molar refractivity (Wildman–Crippen MR) is 94.4 cm³/mol. The molecule has 1 aromatic carbocycles. The number of piperidine rings is 1. The molecule has 0 saturated carbocycles. The number of likely N-dealkylation sites (tertiary alicyclic amines) is 1. The number of aromatic nitrogens is 2. The number of amides is 1. The van der Waals surface area contributed by atoms with Crippen LogP contribution in [-0.2, 0) is 6.54 Å². The van der Waals surface area contributed by atoms with Gasteiger partial charge in [0.15, 0.2) is 0 Å². The maximum atomic E-state index is 12.6. The second-order valence-corrected chi connectivity index (χ2v) is 6.99. The van der Waals surface area contributed by atoms with Gasteiger partial charge in [-0.2, -0.15) is 5.10 Å². The van der Waals surface area contributed by atoms with Crippen LogP contribution < -0.4 is 0 Å². The van der Waals surface area contributed by atoms with Gasteiger partial charge in [-0.3, -0.25) is 9.48 Å². The Morgan fingerprint density at radius 2 is 2.00 bits per heavy atom. The summed E-state index contributed by atoms with van der Waals surface area (Å²) < 4.78 is 1.94. The monoisotopic (exact) mass is 343 g/mol. The first-order valence-electron chi connectivity index (χ1n) is 8.63. The van der Waals surface area contributed by atoms with Crippen molar-refractivity contribution in [2.45, 2.75) is 38.8 Å². The molecule has 6 heteroatoms. The van der Waals surface area contributed by atoms with E-state index in [1.807, 2.05) is 48.9 Å². The summed E-state index contributed by atoms with van der Waals surface area (Å²) in [5.41, 5.74) is 2.59. The standard InChI is InChI=1S/C19H25N3O3/c1-14-10-15(2)22(20-14)11-16-4-6-17(7-5-16)18(24)21-9-3-8-19(25,12-21)13-23/h4-7,10,23,25H,3,8-9,11-13H2,1-2H3. The molecule has 0 bridgehead atoms. The molecule has 1 amide bonds. The molecule has 1 unspecified atom stereocenters. The van der Waals surface area contributed by atoms with E-state index in [2.05, 4.69) is 5.10 Å². The molecule has 25 heavy (non-hydrogen) atoms. The maximum Gasteiger partial charge on any atom is 0.253 e. The highest BCUT2D eigenvalue weighted by Gasteiger charge is 2.34. The number of aliphatic hydroxyl groups is 2. The molecule has 0 spiro atoms. The van der Waals surface area contributed by atoms with Crippen LogP contribution in [0.2, 0.25) is 0 Å². The molecule has 2 aromatic rings. The van der Waals surface area contributed by atoms with Crippen molar-refractivity contribution < 1.29 is 15.0 Å². The lowest BCUT2D eigenvalue weighted by atomic mass is 9.93. The van der Waals surface area contributed by atoms with Gasteiger partial charge in [0.05, 0.1) is 25.4 Å². The Morgan fingerprint density at radius 1 is 1.28 bits per heavy atom. The number of rotatable bonds is 4. The molecule has 0 aliphatic carbocycles. The zero-order chi connectivity index (χ0) is 18.0. The summed E-state index contributed by atoms with van der Waals surface area (Å²) >= 11 is 0. The largest absolute Gasteiger partial charge is 0.393 e. The number of hydrogen-bond donors (Lipinski definition) is 2. The van der Waals surface area contributed by atoms with Gasteiger partial charge in [0.25, 0.3) is 5.91 Å². The number of carbonyl (C=O) groups is 1. The smallest absolute Gasteiger partial charge is 0.253 e. The first-order valence-corrected chi connectivity index (χ1v) is 8.63. The van der Waals surface area contributed by atoms with Crippen molar-refractivity contribution in [3.63, 3.8) is 0 Å². The van der Waals surface area contributed by atoms with Gasteiger partial charge >= 0.3 is 0 Å². The molecular formula is C19H25N3O3. The van der Waals surface area contributed by atoms with Gasteiger partial charge in [0.2, 0.25) is 0 Å². The average Bonchev–Trinajstić information content (AvgIpc) is 2.92. The molecule has 1 aliphatic rings. The van der Waals surface area contributed by atoms with Crippen LogP contribution in [0.1, 0.15) is 40.2 Å². The third-order valence-corrected chi connectivity index (χ3v) is 4.77. The molecule has 1 atom stereocenters. The number of hydrogen-bond acceptors (Lipinski definition) is 4. The number of aryl methyl sites for hydroxylation is 2. The molecule has 1 aliphatic heterocycles. The van der Waals surface area contributed by atoms with Gasteiger partial charge in [-0.05, 0) is 50.5 Å². The van der Waals surface area contributed by atoms with Crippen LogP contribution >= 0.6 is 0 Å². The van der Waals surface area contributed by atoms with Crippen molar-refractivity contribution in [1.82, 2.24) is 14.7 Å². The minimum atomic E-state index is -1.18. The van der Waals surface area contributed by atoms with Crippen LogP contribution in [0, 0.1) is 13.8 Å². The minimum Gasteiger partial charge on any atom is -0.393 e.